The Kier molecular flexibility index (Phi) is 7.04. The number of rotatable bonds is 7. The molecule has 0 saturated heterocycles. The van der Waals surface area contributed by atoms with Gasteiger partial charge < -0.3 is 10.1 Å². The molecule has 0 radical (unpaired) electrons. The maximum Gasteiger partial charge on any atom is 0.265 e. The van der Waals surface area contributed by atoms with Gasteiger partial charge in [0.1, 0.15) is 11.6 Å². The molecule has 3 aromatic rings. The van der Waals surface area contributed by atoms with E-state index in [1.807, 2.05) is 0 Å². The summed E-state index contributed by atoms with van der Waals surface area (Å²) in [5, 5.41) is 3.17. The molecule has 0 saturated carbocycles. The summed E-state index contributed by atoms with van der Waals surface area (Å²) in [6.45, 7) is 1.54. The molecular formula is C21H17Cl2FN2O4S. The fourth-order valence-corrected chi connectivity index (χ4v) is 4.10. The lowest BCUT2D eigenvalue weighted by Crippen LogP contribution is -2.30. The molecule has 31 heavy (non-hydrogen) atoms. The van der Waals surface area contributed by atoms with Gasteiger partial charge in [-0.2, -0.15) is 0 Å². The van der Waals surface area contributed by atoms with Crippen molar-refractivity contribution < 1.29 is 22.3 Å². The Labute approximate surface area is 189 Å². The summed E-state index contributed by atoms with van der Waals surface area (Å²) in [5.41, 5.74) is 0.568. The third-order valence-corrected chi connectivity index (χ3v) is 6.03. The number of carbonyl (C=O) groups excluding carboxylic acids is 1. The van der Waals surface area contributed by atoms with Crippen molar-refractivity contribution in [3.05, 3.63) is 82.6 Å². The molecule has 1 amide bonds. The van der Waals surface area contributed by atoms with Crippen LogP contribution < -0.4 is 14.8 Å². The number of hydrogen-bond acceptors (Lipinski definition) is 4. The van der Waals surface area contributed by atoms with Crippen LogP contribution in [0.25, 0.3) is 0 Å². The van der Waals surface area contributed by atoms with Crippen molar-refractivity contribution in [2.45, 2.75) is 17.9 Å². The highest BCUT2D eigenvalue weighted by Crippen LogP contribution is 2.28. The summed E-state index contributed by atoms with van der Waals surface area (Å²) in [6, 6.07) is 15.3. The third-order valence-electron chi connectivity index (χ3n) is 4.10. The molecule has 0 aliphatic carbocycles. The van der Waals surface area contributed by atoms with Crippen LogP contribution in [0.2, 0.25) is 10.0 Å². The van der Waals surface area contributed by atoms with E-state index in [0.717, 1.165) is 0 Å². The van der Waals surface area contributed by atoms with Gasteiger partial charge in [-0.3, -0.25) is 9.52 Å². The number of hydrogen-bond donors (Lipinski definition) is 2. The fraction of sp³-hybridized carbons (Fsp3) is 0.0952. The van der Waals surface area contributed by atoms with Crippen molar-refractivity contribution in [1.29, 1.82) is 0 Å². The van der Waals surface area contributed by atoms with Gasteiger partial charge in [-0.25, -0.2) is 12.8 Å². The van der Waals surface area contributed by atoms with E-state index in [2.05, 4.69) is 10.0 Å². The first-order valence-corrected chi connectivity index (χ1v) is 11.2. The summed E-state index contributed by atoms with van der Waals surface area (Å²) in [7, 11) is -3.90. The molecule has 0 fully saturated rings. The molecule has 0 aliphatic rings. The minimum Gasteiger partial charge on any atom is -0.481 e. The lowest BCUT2D eigenvalue weighted by Gasteiger charge is -2.15. The van der Waals surface area contributed by atoms with E-state index < -0.39 is 27.9 Å². The maximum atomic E-state index is 13.0. The molecule has 6 nitrogen and oxygen atoms in total. The second kappa shape index (κ2) is 9.55. The van der Waals surface area contributed by atoms with Crippen LogP contribution >= 0.6 is 23.2 Å². The lowest BCUT2D eigenvalue weighted by atomic mass is 10.3. The zero-order valence-corrected chi connectivity index (χ0v) is 18.4. The Morgan fingerprint density at radius 2 is 1.65 bits per heavy atom. The number of amides is 1. The van der Waals surface area contributed by atoms with Crippen LogP contribution in [-0.4, -0.2) is 20.4 Å². The van der Waals surface area contributed by atoms with Crippen molar-refractivity contribution >= 4 is 50.5 Å². The van der Waals surface area contributed by atoms with E-state index in [1.54, 1.807) is 0 Å². The quantitative estimate of drug-likeness (QED) is 0.475. The van der Waals surface area contributed by atoms with E-state index >= 15 is 0 Å². The molecule has 0 aliphatic heterocycles. The molecule has 162 valence electrons. The van der Waals surface area contributed by atoms with Crippen molar-refractivity contribution in [2.75, 3.05) is 10.0 Å². The number of halogens is 3. The highest BCUT2D eigenvalue weighted by atomic mass is 35.5. The van der Waals surface area contributed by atoms with Crippen LogP contribution in [0.15, 0.2) is 71.6 Å². The van der Waals surface area contributed by atoms with Gasteiger partial charge in [0, 0.05) is 10.7 Å². The number of carbonyl (C=O) groups is 1. The first kappa shape index (κ1) is 22.9. The molecule has 0 bridgehead atoms. The Hall–Kier alpha value is -2.81. The largest absolute Gasteiger partial charge is 0.481 e. The predicted molar refractivity (Wildman–Crippen MR) is 119 cm³/mol. The molecule has 3 aromatic carbocycles. The van der Waals surface area contributed by atoms with Crippen LogP contribution in [0.5, 0.6) is 5.75 Å². The van der Waals surface area contributed by atoms with E-state index in [4.69, 9.17) is 27.9 Å². The van der Waals surface area contributed by atoms with E-state index in [9.17, 15) is 17.6 Å². The monoisotopic (exact) mass is 482 g/mol. The molecule has 3 rings (SSSR count). The van der Waals surface area contributed by atoms with Gasteiger partial charge in [-0.05, 0) is 73.7 Å². The highest BCUT2D eigenvalue weighted by molar-refractivity contribution is 7.92. The average molecular weight is 483 g/mol. The summed E-state index contributed by atoms with van der Waals surface area (Å²) in [6.07, 6.45) is -0.859. The van der Waals surface area contributed by atoms with Gasteiger partial charge in [0.05, 0.1) is 15.6 Å². The Balaban J connectivity index is 1.64. The van der Waals surface area contributed by atoms with Crippen LogP contribution in [-0.2, 0) is 14.8 Å². The fourth-order valence-electron chi connectivity index (χ4n) is 2.51. The predicted octanol–water partition coefficient (Wildman–Crippen LogP) is 5.34. The molecule has 0 unspecified atom stereocenters. The zero-order valence-electron chi connectivity index (χ0n) is 16.1. The Bertz CT molecular complexity index is 1190. The highest BCUT2D eigenvalue weighted by Gasteiger charge is 2.18. The Morgan fingerprint density at radius 1 is 1.00 bits per heavy atom. The SMILES string of the molecule is C[C@H](Oc1ccc(F)cc1)C(=O)Nc1ccc(S(=O)(=O)Nc2ccc(Cl)cc2Cl)cc1. The topological polar surface area (TPSA) is 84.5 Å². The second-order valence-electron chi connectivity index (χ2n) is 6.46. The van der Waals surface area contributed by atoms with Gasteiger partial charge in [0.2, 0.25) is 0 Å². The summed E-state index contributed by atoms with van der Waals surface area (Å²) >= 11 is 11.8. The average Bonchev–Trinajstić information content (AvgIpc) is 2.72. The summed E-state index contributed by atoms with van der Waals surface area (Å²) in [4.78, 5) is 12.3. The minimum absolute atomic E-state index is 0.0212. The lowest BCUT2D eigenvalue weighted by molar-refractivity contribution is -0.122. The number of nitrogens with one attached hydrogen (secondary N) is 2. The first-order valence-electron chi connectivity index (χ1n) is 8.95. The second-order valence-corrected chi connectivity index (χ2v) is 8.98. The Morgan fingerprint density at radius 3 is 2.26 bits per heavy atom. The van der Waals surface area contributed by atoms with Gasteiger partial charge in [0.25, 0.3) is 15.9 Å². The van der Waals surface area contributed by atoms with Crippen molar-refractivity contribution in [2.24, 2.45) is 0 Å². The zero-order chi connectivity index (χ0) is 22.6. The third kappa shape index (κ3) is 6.10. The molecule has 10 heteroatoms. The van der Waals surface area contributed by atoms with Gasteiger partial charge >= 0.3 is 0 Å². The van der Waals surface area contributed by atoms with Crippen LogP contribution in [0.4, 0.5) is 15.8 Å². The van der Waals surface area contributed by atoms with E-state index in [0.29, 0.717) is 16.5 Å². The van der Waals surface area contributed by atoms with E-state index in [-0.39, 0.29) is 15.6 Å². The number of benzene rings is 3. The van der Waals surface area contributed by atoms with Gasteiger partial charge in [-0.15, -0.1) is 0 Å². The molecular weight excluding hydrogens is 466 g/mol. The summed E-state index contributed by atoms with van der Waals surface area (Å²) in [5.74, 6) is -0.518. The van der Waals surface area contributed by atoms with Crippen LogP contribution in [0.3, 0.4) is 0 Å². The summed E-state index contributed by atoms with van der Waals surface area (Å²) < 4.78 is 45.9. The number of ether oxygens (including phenoxy) is 1. The van der Waals surface area contributed by atoms with Gasteiger partial charge in [-0.1, -0.05) is 23.2 Å². The molecule has 0 spiro atoms. The number of anilines is 2. The van der Waals surface area contributed by atoms with Crippen molar-refractivity contribution in [1.82, 2.24) is 0 Å². The van der Waals surface area contributed by atoms with Gasteiger partial charge in [0.15, 0.2) is 6.10 Å². The molecule has 0 heterocycles. The number of sulfonamides is 1. The van der Waals surface area contributed by atoms with Crippen molar-refractivity contribution in [3.8, 4) is 5.75 Å². The maximum absolute atomic E-state index is 13.0. The molecule has 2 N–H and O–H groups in total. The van der Waals surface area contributed by atoms with E-state index in [1.165, 1.54) is 73.7 Å². The first-order chi connectivity index (χ1) is 14.6. The molecule has 1 atom stereocenters. The van der Waals surface area contributed by atoms with Crippen molar-refractivity contribution in [3.63, 3.8) is 0 Å². The smallest absolute Gasteiger partial charge is 0.265 e. The normalized spacial score (nSPS) is 12.1. The van der Waals surface area contributed by atoms with Crippen LogP contribution in [0, 0.1) is 5.82 Å². The minimum atomic E-state index is -3.90. The molecule has 0 aromatic heterocycles. The van der Waals surface area contributed by atoms with Crippen LogP contribution in [0.1, 0.15) is 6.92 Å². The standard InChI is InChI=1S/C21H17Cl2FN2O4S/c1-13(30-17-7-3-15(24)4-8-17)21(27)25-16-5-9-18(10-6-16)31(28,29)26-20-11-2-14(22)12-19(20)23/h2-13,26H,1H3,(H,25,27)/t13-/m0/s1.